The van der Waals surface area contributed by atoms with Gasteiger partial charge in [-0.3, -0.25) is 9.59 Å². The first-order valence-corrected chi connectivity index (χ1v) is 9.13. The minimum atomic E-state index is -0.931. The standard InChI is InChI=1S/C22H22N2O4/c1-3-18(21(25)23-19-14-15(2)28-24-19)27-22(26)20(16-10-6-4-7-11-16)17-12-8-5-9-13-17/h4-14,18,20H,3H2,1-2H3,(H,23,24,25)/t18-/m1/s1. The number of hydrogen-bond donors (Lipinski definition) is 1. The van der Waals surface area contributed by atoms with Crippen molar-refractivity contribution >= 4 is 17.7 Å². The minimum Gasteiger partial charge on any atom is -0.452 e. The molecule has 0 fully saturated rings. The Morgan fingerprint density at radius 2 is 1.61 bits per heavy atom. The van der Waals surface area contributed by atoms with Crippen LogP contribution in [0.1, 0.15) is 36.1 Å². The topological polar surface area (TPSA) is 81.4 Å². The molecule has 0 bridgehead atoms. The number of aromatic nitrogens is 1. The van der Waals surface area contributed by atoms with Crippen LogP contribution in [0.4, 0.5) is 5.82 Å². The molecule has 6 heteroatoms. The average molecular weight is 378 g/mol. The molecule has 0 spiro atoms. The van der Waals surface area contributed by atoms with Crippen LogP contribution >= 0.6 is 0 Å². The maximum atomic E-state index is 13.0. The Kier molecular flexibility index (Phi) is 6.22. The molecule has 28 heavy (non-hydrogen) atoms. The van der Waals surface area contributed by atoms with Gasteiger partial charge < -0.3 is 14.6 Å². The molecular weight excluding hydrogens is 356 g/mol. The molecule has 0 saturated heterocycles. The van der Waals surface area contributed by atoms with Crippen LogP contribution in [-0.2, 0) is 14.3 Å². The van der Waals surface area contributed by atoms with E-state index in [0.717, 1.165) is 11.1 Å². The van der Waals surface area contributed by atoms with Crippen LogP contribution in [0, 0.1) is 6.92 Å². The molecular formula is C22H22N2O4. The summed E-state index contributed by atoms with van der Waals surface area (Å²) in [6.45, 7) is 3.51. The summed E-state index contributed by atoms with van der Waals surface area (Å²) in [6, 6.07) is 20.4. The summed E-state index contributed by atoms with van der Waals surface area (Å²) in [6.07, 6.45) is -0.593. The fourth-order valence-electron chi connectivity index (χ4n) is 2.92. The predicted octanol–water partition coefficient (Wildman–Crippen LogP) is 4.08. The first-order chi connectivity index (χ1) is 13.6. The van der Waals surface area contributed by atoms with Crippen molar-refractivity contribution in [3.05, 3.63) is 83.6 Å². The lowest BCUT2D eigenvalue weighted by Gasteiger charge is -2.21. The van der Waals surface area contributed by atoms with Crippen LogP contribution < -0.4 is 5.32 Å². The third-order valence-corrected chi connectivity index (χ3v) is 4.30. The van der Waals surface area contributed by atoms with Crippen LogP contribution in [0.15, 0.2) is 71.3 Å². The molecule has 1 heterocycles. The number of carbonyl (C=O) groups is 2. The van der Waals surface area contributed by atoms with Crippen LogP contribution in [0.3, 0.4) is 0 Å². The fraction of sp³-hybridized carbons (Fsp3) is 0.227. The Balaban J connectivity index is 1.79. The van der Waals surface area contributed by atoms with Gasteiger partial charge in [0.2, 0.25) is 0 Å². The zero-order valence-electron chi connectivity index (χ0n) is 15.8. The number of amides is 1. The van der Waals surface area contributed by atoms with Gasteiger partial charge in [-0.15, -0.1) is 0 Å². The number of anilines is 1. The van der Waals surface area contributed by atoms with Crippen LogP contribution in [0.2, 0.25) is 0 Å². The lowest BCUT2D eigenvalue weighted by Crippen LogP contribution is -2.34. The van der Waals surface area contributed by atoms with Crippen molar-refractivity contribution in [1.82, 2.24) is 5.16 Å². The Bertz CT molecular complexity index is 882. The SMILES string of the molecule is CC[C@@H](OC(=O)C(c1ccccc1)c1ccccc1)C(=O)Nc1cc(C)on1. The molecule has 3 rings (SSSR count). The van der Waals surface area contributed by atoms with Gasteiger partial charge in [0.1, 0.15) is 11.7 Å². The van der Waals surface area contributed by atoms with Crippen molar-refractivity contribution in [2.24, 2.45) is 0 Å². The molecule has 0 unspecified atom stereocenters. The summed E-state index contributed by atoms with van der Waals surface area (Å²) in [4.78, 5) is 25.6. The largest absolute Gasteiger partial charge is 0.452 e. The highest BCUT2D eigenvalue weighted by Crippen LogP contribution is 2.27. The van der Waals surface area contributed by atoms with Gasteiger partial charge in [0.05, 0.1) is 0 Å². The number of aryl methyl sites for hydroxylation is 1. The molecule has 1 atom stereocenters. The fourth-order valence-corrected chi connectivity index (χ4v) is 2.92. The normalized spacial score (nSPS) is 11.8. The summed E-state index contributed by atoms with van der Waals surface area (Å²) in [5.74, 6) is -0.661. The number of rotatable bonds is 7. The number of hydrogen-bond acceptors (Lipinski definition) is 5. The first kappa shape index (κ1) is 19.4. The van der Waals surface area contributed by atoms with Crippen molar-refractivity contribution in [3.8, 4) is 0 Å². The summed E-state index contributed by atoms with van der Waals surface area (Å²) in [5, 5.41) is 6.35. The molecule has 6 nitrogen and oxygen atoms in total. The van der Waals surface area contributed by atoms with E-state index < -0.39 is 23.9 Å². The Labute approximate surface area is 163 Å². The van der Waals surface area contributed by atoms with E-state index in [-0.39, 0.29) is 0 Å². The molecule has 1 N–H and O–H groups in total. The van der Waals surface area contributed by atoms with E-state index in [1.807, 2.05) is 60.7 Å². The zero-order valence-corrected chi connectivity index (χ0v) is 15.8. The van der Waals surface area contributed by atoms with Crippen LogP contribution in [0.5, 0.6) is 0 Å². The number of carbonyl (C=O) groups excluding carboxylic acids is 2. The van der Waals surface area contributed by atoms with E-state index in [0.29, 0.717) is 18.0 Å². The lowest BCUT2D eigenvalue weighted by molar-refractivity contribution is -0.155. The Hall–Kier alpha value is -3.41. The van der Waals surface area contributed by atoms with E-state index in [2.05, 4.69) is 10.5 Å². The first-order valence-electron chi connectivity index (χ1n) is 9.13. The summed E-state index contributed by atoms with van der Waals surface area (Å²) >= 11 is 0. The maximum absolute atomic E-state index is 13.0. The van der Waals surface area contributed by atoms with Crippen molar-refractivity contribution in [2.75, 3.05) is 5.32 Å². The summed E-state index contributed by atoms with van der Waals surface area (Å²) in [5.41, 5.74) is 1.61. The van der Waals surface area contributed by atoms with E-state index in [1.165, 1.54) is 0 Å². The van der Waals surface area contributed by atoms with E-state index in [9.17, 15) is 9.59 Å². The molecule has 3 aromatic rings. The van der Waals surface area contributed by atoms with E-state index in [4.69, 9.17) is 9.26 Å². The highest BCUT2D eigenvalue weighted by Gasteiger charge is 2.29. The third-order valence-electron chi connectivity index (χ3n) is 4.30. The molecule has 0 aliphatic carbocycles. The van der Waals surface area contributed by atoms with Crippen LogP contribution in [0.25, 0.3) is 0 Å². The second-order valence-electron chi connectivity index (χ2n) is 6.40. The Morgan fingerprint density at radius 1 is 1.04 bits per heavy atom. The number of benzene rings is 2. The van der Waals surface area contributed by atoms with Crippen molar-refractivity contribution in [2.45, 2.75) is 32.3 Å². The van der Waals surface area contributed by atoms with Gasteiger partial charge in [0.25, 0.3) is 5.91 Å². The molecule has 0 aliphatic heterocycles. The second kappa shape index (κ2) is 8.99. The smallest absolute Gasteiger partial charge is 0.318 e. The maximum Gasteiger partial charge on any atom is 0.318 e. The average Bonchev–Trinajstić information content (AvgIpc) is 3.12. The quantitative estimate of drug-likeness (QED) is 0.627. The molecule has 1 amide bonds. The molecule has 144 valence electrons. The van der Waals surface area contributed by atoms with Crippen molar-refractivity contribution in [1.29, 1.82) is 0 Å². The Morgan fingerprint density at radius 3 is 2.07 bits per heavy atom. The minimum absolute atomic E-state index is 0.291. The summed E-state index contributed by atoms with van der Waals surface area (Å²) in [7, 11) is 0. The highest BCUT2D eigenvalue weighted by atomic mass is 16.5. The molecule has 0 aliphatic rings. The van der Waals surface area contributed by atoms with Crippen molar-refractivity contribution < 1.29 is 18.8 Å². The third kappa shape index (κ3) is 4.65. The van der Waals surface area contributed by atoms with Gasteiger partial charge in [-0.2, -0.15) is 0 Å². The van der Waals surface area contributed by atoms with Gasteiger partial charge in [0, 0.05) is 6.07 Å². The number of nitrogens with zero attached hydrogens (tertiary/aromatic N) is 1. The van der Waals surface area contributed by atoms with E-state index in [1.54, 1.807) is 19.9 Å². The van der Waals surface area contributed by atoms with Gasteiger partial charge in [0.15, 0.2) is 11.9 Å². The second-order valence-corrected chi connectivity index (χ2v) is 6.40. The van der Waals surface area contributed by atoms with Crippen molar-refractivity contribution in [3.63, 3.8) is 0 Å². The van der Waals surface area contributed by atoms with Crippen LogP contribution in [-0.4, -0.2) is 23.1 Å². The monoisotopic (exact) mass is 378 g/mol. The highest BCUT2D eigenvalue weighted by molar-refractivity contribution is 5.95. The summed E-state index contributed by atoms with van der Waals surface area (Å²) < 4.78 is 10.5. The molecule has 0 radical (unpaired) electrons. The number of ether oxygens (including phenoxy) is 1. The number of nitrogens with one attached hydrogen (secondary N) is 1. The van der Waals surface area contributed by atoms with Gasteiger partial charge in [-0.05, 0) is 24.5 Å². The molecule has 1 aromatic heterocycles. The number of esters is 1. The predicted molar refractivity (Wildman–Crippen MR) is 105 cm³/mol. The van der Waals surface area contributed by atoms with Gasteiger partial charge in [-0.1, -0.05) is 72.7 Å². The van der Waals surface area contributed by atoms with Gasteiger partial charge in [-0.25, -0.2) is 0 Å². The molecule has 0 saturated carbocycles. The lowest BCUT2D eigenvalue weighted by atomic mass is 9.91. The van der Waals surface area contributed by atoms with Gasteiger partial charge >= 0.3 is 5.97 Å². The molecule has 2 aromatic carbocycles. The van der Waals surface area contributed by atoms with E-state index >= 15 is 0 Å². The zero-order chi connectivity index (χ0) is 19.9.